The minimum Gasteiger partial charge on any atom is -0.489 e. The summed E-state index contributed by atoms with van der Waals surface area (Å²) >= 11 is 0. The molecule has 1 aromatic carbocycles. The Labute approximate surface area is 231 Å². The van der Waals surface area contributed by atoms with E-state index in [0.717, 1.165) is 25.9 Å². The van der Waals surface area contributed by atoms with Crippen molar-refractivity contribution in [2.75, 3.05) is 13.1 Å². The maximum Gasteiger partial charge on any atom is 0.387 e. The first-order valence-corrected chi connectivity index (χ1v) is 13.9. The molecule has 0 spiro atoms. The molecule has 0 atom stereocenters. The fourth-order valence-electron chi connectivity index (χ4n) is 5.66. The molecule has 1 saturated heterocycles. The largest absolute Gasteiger partial charge is 0.489 e. The van der Waals surface area contributed by atoms with Gasteiger partial charge in [-0.3, -0.25) is 14.2 Å². The summed E-state index contributed by atoms with van der Waals surface area (Å²) in [7, 11) is 0. The second kappa shape index (κ2) is 12.3. The molecule has 1 aliphatic heterocycles. The summed E-state index contributed by atoms with van der Waals surface area (Å²) in [5.41, 5.74) is 0.0304. The van der Waals surface area contributed by atoms with Crippen LogP contribution < -0.4 is 20.3 Å². The Kier molecular flexibility index (Phi) is 8.58. The van der Waals surface area contributed by atoms with Gasteiger partial charge in [0.05, 0.1) is 11.6 Å². The second-order valence-electron chi connectivity index (χ2n) is 10.8. The van der Waals surface area contributed by atoms with Crippen molar-refractivity contribution in [3.05, 3.63) is 46.9 Å². The highest BCUT2D eigenvalue weighted by atomic mass is 19.3. The van der Waals surface area contributed by atoms with Gasteiger partial charge in [0, 0.05) is 30.7 Å². The van der Waals surface area contributed by atoms with Crippen LogP contribution in [0.25, 0.3) is 22.4 Å². The van der Waals surface area contributed by atoms with Crippen molar-refractivity contribution in [2.45, 2.75) is 83.7 Å². The first-order chi connectivity index (χ1) is 19.3. The molecule has 2 aliphatic rings. The van der Waals surface area contributed by atoms with Crippen LogP contribution in [0.2, 0.25) is 0 Å². The number of hydrogen-bond donors (Lipinski definition) is 1. The van der Waals surface area contributed by atoms with E-state index in [0.29, 0.717) is 17.4 Å². The lowest BCUT2D eigenvalue weighted by Gasteiger charge is -2.35. The number of benzene rings is 1. The third kappa shape index (κ3) is 6.57. The highest BCUT2D eigenvalue weighted by molar-refractivity contribution is 5.80. The lowest BCUT2D eigenvalue weighted by atomic mass is 10.0. The number of pyridine rings is 1. The molecule has 2 aromatic heterocycles. The third-order valence-electron chi connectivity index (χ3n) is 7.47. The van der Waals surface area contributed by atoms with Crippen molar-refractivity contribution in [1.29, 1.82) is 0 Å². The second-order valence-corrected chi connectivity index (χ2v) is 10.8. The molecule has 214 valence electrons. The SMILES string of the molecule is CC(C)NC(=O)Cn1c(-c2cccc(OC(F)F)c2)nc2ncc(OC3CCN(C4CCCC4)CC3)cc2c1=O. The van der Waals surface area contributed by atoms with Gasteiger partial charge in [0.2, 0.25) is 5.91 Å². The van der Waals surface area contributed by atoms with Gasteiger partial charge in [-0.15, -0.1) is 0 Å². The van der Waals surface area contributed by atoms with E-state index < -0.39 is 12.2 Å². The summed E-state index contributed by atoms with van der Waals surface area (Å²) in [6.45, 7) is 2.31. The van der Waals surface area contributed by atoms with E-state index in [1.54, 1.807) is 18.3 Å². The number of nitrogens with one attached hydrogen (secondary N) is 1. The number of halogens is 2. The van der Waals surface area contributed by atoms with Crippen LogP contribution in [0, 0.1) is 0 Å². The number of carbonyl (C=O) groups is 1. The number of piperidine rings is 1. The smallest absolute Gasteiger partial charge is 0.387 e. The van der Waals surface area contributed by atoms with Crippen molar-refractivity contribution in [3.63, 3.8) is 0 Å². The van der Waals surface area contributed by atoms with Crippen molar-refractivity contribution >= 4 is 16.9 Å². The Morgan fingerprint density at radius 1 is 1.10 bits per heavy atom. The molecule has 5 rings (SSSR count). The third-order valence-corrected chi connectivity index (χ3v) is 7.47. The molecule has 1 aliphatic carbocycles. The summed E-state index contributed by atoms with van der Waals surface area (Å²) < 4.78 is 37.6. The van der Waals surface area contributed by atoms with Gasteiger partial charge in [-0.1, -0.05) is 25.0 Å². The average molecular weight is 556 g/mol. The normalized spacial score (nSPS) is 17.1. The molecule has 1 N–H and O–H groups in total. The number of amides is 1. The van der Waals surface area contributed by atoms with Crippen LogP contribution in [0.4, 0.5) is 8.78 Å². The molecule has 0 radical (unpaired) electrons. The number of hydrogen-bond acceptors (Lipinski definition) is 7. The van der Waals surface area contributed by atoms with Crippen molar-refractivity contribution in [1.82, 2.24) is 24.8 Å². The Bertz CT molecular complexity index is 1400. The van der Waals surface area contributed by atoms with E-state index in [2.05, 4.69) is 24.9 Å². The predicted molar refractivity (Wildman–Crippen MR) is 147 cm³/mol. The molecule has 11 heteroatoms. The standard InChI is InChI=1S/C29H35F2N5O4/c1-18(2)33-25(37)17-36-27(19-6-5-9-22(14-19)40-29(30)31)34-26-24(28(36)38)15-23(16-32-26)39-21-10-12-35(13-11-21)20-7-3-4-8-20/h5-6,9,14-16,18,20-21,29H,3-4,7-8,10-13,17H2,1-2H3,(H,33,37). The topological polar surface area (TPSA) is 98.6 Å². The molecule has 3 aromatic rings. The number of nitrogens with zero attached hydrogens (tertiary/aromatic N) is 4. The predicted octanol–water partition coefficient (Wildman–Crippen LogP) is 4.37. The summed E-state index contributed by atoms with van der Waals surface area (Å²) in [6, 6.07) is 8.04. The van der Waals surface area contributed by atoms with Crippen LogP contribution in [-0.4, -0.2) is 63.2 Å². The Morgan fingerprint density at radius 2 is 1.85 bits per heavy atom. The van der Waals surface area contributed by atoms with Crippen molar-refractivity contribution < 1.29 is 23.0 Å². The van der Waals surface area contributed by atoms with Gasteiger partial charge in [-0.05, 0) is 57.7 Å². The van der Waals surface area contributed by atoms with E-state index in [4.69, 9.17) is 4.74 Å². The van der Waals surface area contributed by atoms with Crippen LogP contribution in [0.1, 0.15) is 52.4 Å². The lowest BCUT2D eigenvalue weighted by molar-refractivity contribution is -0.122. The zero-order chi connectivity index (χ0) is 28.2. The van der Waals surface area contributed by atoms with Gasteiger partial charge in [-0.2, -0.15) is 8.78 Å². The fourth-order valence-corrected chi connectivity index (χ4v) is 5.66. The highest BCUT2D eigenvalue weighted by Gasteiger charge is 2.28. The molecule has 40 heavy (non-hydrogen) atoms. The number of aromatic nitrogens is 3. The number of carbonyl (C=O) groups excluding carboxylic acids is 1. The number of ether oxygens (including phenoxy) is 2. The maximum atomic E-state index is 13.7. The molecule has 1 amide bonds. The molecule has 0 unspecified atom stereocenters. The van der Waals surface area contributed by atoms with E-state index >= 15 is 0 Å². The Balaban J connectivity index is 1.43. The van der Waals surface area contributed by atoms with Crippen molar-refractivity contribution in [2.24, 2.45) is 0 Å². The summed E-state index contributed by atoms with van der Waals surface area (Å²) in [5, 5.41) is 2.99. The lowest BCUT2D eigenvalue weighted by Crippen LogP contribution is -2.43. The van der Waals surface area contributed by atoms with Crippen LogP contribution >= 0.6 is 0 Å². The van der Waals surface area contributed by atoms with Crippen LogP contribution in [0.5, 0.6) is 11.5 Å². The molecule has 9 nitrogen and oxygen atoms in total. The van der Waals surface area contributed by atoms with Crippen LogP contribution in [0.3, 0.4) is 0 Å². The Morgan fingerprint density at radius 3 is 2.55 bits per heavy atom. The van der Waals surface area contributed by atoms with E-state index in [1.165, 1.54) is 48.4 Å². The molecule has 0 bridgehead atoms. The Hall–Kier alpha value is -3.60. The zero-order valence-corrected chi connectivity index (χ0v) is 22.8. The first kappa shape index (κ1) is 27.9. The van der Waals surface area contributed by atoms with Crippen LogP contribution in [0.15, 0.2) is 41.3 Å². The van der Waals surface area contributed by atoms with Gasteiger partial charge in [0.25, 0.3) is 5.56 Å². The number of fused-ring (bicyclic) bond motifs is 1. The highest BCUT2D eigenvalue weighted by Crippen LogP contribution is 2.29. The number of likely N-dealkylation sites (tertiary alicyclic amines) is 1. The monoisotopic (exact) mass is 555 g/mol. The minimum absolute atomic E-state index is 0.0285. The van der Waals surface area contributed by atoms with Gasteiger partial charge in [-0.25, -0.2) is 9.97 Å². The number of rotatable bonds is 9. The van der Waals surface area contributed by atoms with Gasteiger partial charge < -0.3 is 19.7 Å². The first-order valence-electron chi connectivity index (χ1n) is 13.9. The maximum absolute atomic E-state index is 13.7. The summed E-state index contributed by atoms with van der Waals surface area (Å²) in [5.74, 6) is 0.130. The fraction of sp³-hybridized carbons (Fsp3) is 0.517. The van der Waals surface area contributed by atoms with Crippen LogP contribution in [-0.2, 0) is 11.3 Å². The minimum atomic E-state index is -3.01. The molecular formula is C29H35F2N5O4. The summed E-state index contributed by atoms with van der Waals surface area (Å²) in [6.07, 6.45) is 8.57. The van der Waals surface area contributed by atoms with Gasteiger partial charge in [0.15, 0.2) is 5.65 Å². The van der Waals surface area contributed by atoms with Gasteiger partial charge in [0.1, 0.15) is 30.0 Å². The molecular weight excluding hydrogens is 520 g/mol. The molecule has 2 fully saturated rings. The van der Waals surface area contributed by atoms with E-state index in [9.17, 15) is 18.4 Å². The quantitative estimate of drug-likeness (QED) is 0.419. The average Bonchev–Trinajstić information content (AvgIpc) is 3.45. The summed E-state index contributed by atoms with van der Waals surface area (Å²) in [4.78, 5) is 38.0. The zero-order valence-electron chi connectivity index (χ0n) is 22.8. The van der Waals surface area contributed by atoms with Crippen molar-refractivity contribution in [3.8, 4) is 22.9 Å². The van der Waals surface area contributed by atoms with E-state index in [1.807, 2.05) is 13.8 Å². The van der Waals surface area contributed by atoms with Gasteiger partial charge >= 0.3 is 6.61 Å². The number of alkyl halides is 2. The molecule has 3 heterocycles. The van der Waals surface area contributed by atoms with E-state index in [-0.39, 0.29) is 47.2 Å². The molecule has 1 saturated carbocycles.